The summed E-state index contributed by atoms with van der Waals surface area (Å²) in [5.74, 6) is -0.0417. The first-order valence-electron chi connectivity index (χ1n) is 10.6. The molecule has 0 aliphatic carbocycles. The van der Waals surface area contributed by atoms with Gasteiger partial charge in [-0.1, -0.05) is 20.8 Å². The summed E-state index contributed by atoms with van der Waals surface area (Å²) in [4.78, 5) is 35.2. The Hall–Kier alpha value is -2.41. The fourth-order valence-corrected chi connectivity index (χ4v) is 4.28. The summed E-state index contributed by atoms with van der Waals surface area (Å²) in [5, 5.41) is -0.130. The first-order valence-corrected chi connectivity index (χ1v) is 13.6. The van der Waals surface area contributed by atoms with E-state index in [-0.39, 0.29) is 29.9 Å². The molecule has 1 aliphatic rings. The summed E-state index contributed by atoms with van der Waals surface area (Å²) in [5.41, 5.74) is 4.12. The number of anilines is 1. The fourth-order valence-electron chi connectivity index (χ4n) is 2.99. The van der Waals surface area contributed by atoms with Crippen LogP contribution in [0.15, 0.2) is 12.4 Å². The molecule has 1 unspecified atom stereocenters. The van der Waals surface area contributed by atoms with Gasteiger partial charge in [0.2, 0.25) is 5.95 Å². The van der Waals surface area contributed by atoms with Crippen molar-refractivity contribution in [3.63, 3.8) is 0 Å². The number of primary amides is 1. The zero-order valence-electron chi connectivity index (χ0n) is 19.6. The molecule has 1 aromatic rings. The molecule has 1 saturated heterocycles. The third kappa shape index (κ3) is 7.29. The molecule has 0 saturated carbocycles. The summed E-state index contributed by atoms with van der Waals surface area (Å²) < 4.78 is 49.3. The van der Waals surface area contributed by atoms with Gasteiger partial charge in [-0.3, -0.25) is 4.79 Å². The number of carbonyl (C=O) groups is 2. The second kappa shape index (κ2) is 10.2. The lowest BCUT2D eigenvalue weighted by atomic mass is 10.2. The number of carbonyl (C=O) groups excluding carboxylic acids is 2. The van der Waals surface area contributed by atoms with Gasteiger partial charge in [-0.15, -0.1) is 0 Å². The van der Waals surface area contributed by atoms with Crippen LogP contribution in [0, 0.1) is 0 Å². The molecule has 1 aliphatic heterocycles. The third-order valence-corrected chi connectivity index (χ3v) is 10.5. The van der Waals surface area contributed by atoms with E-state index in [9.17, 15) is 22.8 Å². The molecular weight excluding hydrogens is 459 g/mol. The molecule has 0 aromatic carbocycles. The van der Waals surface area contributed by atoms with Crippen LogP contribution in [0.4, 0.5) is 23.9 Å². The minimum atomic E-state index is -4.50. The van der Waals surface area contributed by atoms with E-state index >= 15 is 0 Å². The van der Waals surface area contributed by atoms with E-state index in [4.69, 9.17) is 14.9 Å². The topological polar surface area (TPSA) is 111 Å². The highest BCUT2D eigenvalue weighted by atomic mass is 28.4. The van der Waals surface area contributed by atoms with Gasteiger partial charge in [-0.25, -0.2) is 14.8 Å². The van der Waals surface area contributed by atoms with E-state index < -0.39 is 32.3 Å². The van der Waals surface area contributed by atoms with Gasteiger partial charge in [-0.05, 0) is 18.1 Å². The molecule has 0 spiro atoms. The van der Waals surface area contributed by atoms with Gasteiger partial charge in [-0.2, -0.15) is 13.2 Å². The second-order valence-electron chi connectivity index (χ2n) is 9.40. The van der Waals surface area contributed by atoms with Crippen LogP contribution in [0.1, 0.15) is 32.8 Å². The van der Waals surface area contributed by atoms with Crippen molar-refractivity contribution < 1.29 is 31.9 Å². The zero-order chi connectivity index (χ0) is 25.0. The van der Waals surface area contributed by atoms with Crippen LogP contribution in [0.2, 0.25) is 18.1 Å². The number of amides is 2. The Morgan fingerprint density at radius 1 is 1.12 bits per heavy atom. The van der Waals surface area contributed by atoms with Crippen LogP contribution in [0.3, 0.4) is 0 Å². The molecule has 1 fully saturated rings. The molecule has 2 amide bonds. The Labute approximate surface area is 192 Å². The summed E-state index contributed by atoms with van der Waals surface area (Å²) >= 11 is 0. The van der Waals surface area contributed by atoms with E-state index in [1.165, 1.54) is 0 Å². The first kappa shape index (κ1) is 26.8. The van der Waals surface area contributed by atoms with Gasteiger partial charge in [0.15, 0.2) is 8.32 Å². The maximum absolute atomic E-state index is 13.3. The highest BCUT2D eigenvalue weighted by Crippen LogP contribution is 2.38. The van der Waals surface area contributed by atoms with Crippen LogP contribution < -0.4 is 10.6 Å². The van der Waals surface area contributed by atoms with Crippen molar-refractivity contribution in [3.05, 3.63) is 18.0 Å². The number of rotatable bonds is 7. The Balaban J connectivity index is 2.04. The normalized spacial score (nSPS) is 16.5. The molecule has 0 radical (unpaired) electrons. The predicted octanol–water partition coefficient (Wildman–Crippen LogP) is 3.02. The third-order valence-electron chi connectivity index (χ3n) is 5.98. The van der Waals surface area contributed by atoms with Crippen molar-refractivity contribution in [1.29, 1.82) is 0 Å². The van der Waals surface area contributed by atoms with Crippen LogP contribution >= 0.6 is 0 Å². The highest BCUT2D eigenvalue weighted by Gasteiger charge is 2.42. The zero-order valence-corrected chi connectivity index (χ0v) is 20.6. The molecule has 2 N–H and O–H groups in total. The van der Waals surface area contributed by atoms with Crippen molar-refractivity contribution in [2.45, 2.75) is 57.6 Å². The predicted molar refractivity (Wildman–Crippen MR) is 118 cm³/mol. The van der Waals surface area contributed by atoms with Crippen molar-refractivity contribution in [3.8, 4) is 0 Å². The van der Waals surface area contributed by atoms with Gasteiger partial charge < -0.3 is 24.7 Å². The van der Waals surface area contributed by atoms with Crippen LogP contribution in [0.5, 0.6) is 0 Å². The highest BCUT2D eigenvalue weighted by molar-refractivity contribution is 6.74. The van der Waals surface area contributed by atoms with E-state index in [1.807, 2.05) is 13.1 Å². The van der Waals surface area contributed by atoms with Crippen molar-refractivity contribution >= 4 is 26.3 Å². The lowest BCUT2D eigenvalue weighted by Gasteiger charge is -2.41. The smallest absolute Gasteiger partial charge is 0.419 e. The number of hydrogen-bond acceptors (Lipinski definition) is 7. The monoisotopic (exact) mass is 491 g/mol. The second-order valence-corrected chi connectivity index (χ2v) is 14.2. The van der Waals surface area contributed by atoms with Gasteiger partial charge in [0.1, 0.15) is 6.10 Å². The van der Waals surface area contributed by atoms with E-state index in [2.05, 4.69) is 30.7 Å². The fraction of sp³-hybridized carbons (Fsp3) is 0.700. The van der Waals surface area contributed by atoms with Crippen LogP contribution in [0.25, 0.3) is 0 Å². The number of alkyl halides is 3. The van der Waals surface area contributed by atoms with Crippen molar-refractivity contribution in [2.75, 3.05) is 37.7 Å². The Bertz CT molecular complexity index is 822. The lowest BCUT2D eigenvalue weighted by molar-refractivity contribution is -0.140. The molecule has 33 heavy (non-hydrogen) atoms. The Morgan fingerprint density at radius 3 is 2.12 bits per heavy atom. The average molecular weight is 492 g/mol. The minimum absolute atomic E-state index is 0.0419. The summed E-state index contributed by atoms with van der Waals surface area (Å²) in [6, 6.07) is 0. The Kier molecular flexibility index (Phi) is 8.33. The van der Waals surface area contributed by atoms with E-state index in [0.717, 1.165) is 12.4 Å². The molecule has 2 heterocycles. The number of piperazine rings is 1. The number of aromatic nitrogens is 2. The van der Waals surface area contributed by atoms with Crippen LogP contribution in [-0.4, -0.2) is 74.1 Å². The maximum Gasteiger partial charge on any atom is 0.419 e. The standard InChI is InChI=1S/C20H32F3N5O4Si/c1-19(2,3)33(4,5)32-15(6-11-31-17(24)30)16(29)27-7-9-28(10-8-27)18-25-12-14(13-26-18)20(21,22)23/h12-13,15H,6-11H2,1-5H3,(H2,24,30). The molecule has 0 bridgehead atoms. The summed E-state index contributed by atoms with van der Waals surface area (Å²) in [6.45, 7) is 11.6. The SMILES string of the molecule is CC(C)(C)[Si](C)(C)OC(CCOC(N)=O)C(=O)N1CCN(c2ncc(C(F)(F)F)cn2)CC1. The van der Waals surface area contributed by atoms with E-state index in [1.54, 1.807) is 9.80 Å². The maximum atomic E-state index is 13.3. The van der Waals surface area contributed by atoms with Crippen molar-refractivity contribution in [2.24, 2.45) is 5.73 Å². The van der Waals surface area contributed by atoms with Crippen LogP contribution in [-0.2, 0) is 20.1 Å². The lowest BCUT2D eigenvalue weighted by Crippen LogP contribution is -2.55. The van der Waals surface area contributed by atoms with Crippen molar-refractivity contribution in [1.82, 2.24) is 14.9 Å². The largest absolute Gasteiger partial charge is 0.450 e. The van der Waals surface area contributed by atoms with Gasteiger partial charge >= 0.3 is 12.3 Å². The van der Waals surface area contributed by atoms with Gasteiger partial charge in [0, 0.05) is 45.0 Å². The van der Waals surface area contributed by atoms with Gasteiger partial charge in [0.05, 0.1) is 12.2 Å². The molecule has 9 nitrogen and oxygen atoms in total. The molecule has 186 valence electrons. The summed E-state index contributed by atoms with van der Waals surface area (Å²) in [6.07, 6.45) is -4.53. The van der Waals surface area contributed by atoms with Gasteiger partial charge in [0.25, 0.3) is 5.91 Å². The Morgan fingerprint density at radius 2 is 1.67 bits per heavy atom. The average Bonchev–Trinajstić information content (AvgIpc) is 2.71. The van der Waals surface area contributed by atoms with E-state index in [0.29, 0.717) is 26.2 Å². The number of nitrogens with zero attached hydrogens (tertiary/aromatic N) is 4. The molecule has 13 heteroatoms. The molecule has 1 aromatic heterocycles. The number of nitrogens with two attached hydrogens (primary N) is 1. The minimum Gasteiger partial charge on any atom is -0.450 e. The molecule has 1 atom stereocenters. The first-order chi connectivity index (χ1) is 15.1. The molecule has 2 rings (SSSR count). The quantitative estimate of drug-likeness (QED) is 0.584. The number of halogens is 3. The number of hydrogen-bond donors (Lipinski definition) is 1. The number of ether oxygens (including phenoxy) is 1. The summed E-state index contributed by atoms with van der Waals surface area (Å²) in [7, 11) is -2.30. The molecular formula is C20H32F3N5O4Si.